The summed E-state index contributed by atoms with van der Waals surface area (Å²) in [4.78, 5) is 26.7. The van der Waals surface area contributed by atoms with Gasteiger partial charge >= 0.3 is 5.97 Å². The van der Waals surface area contributed by atoms with Gasteiger partial charge in [-0.15, -0.1) is 11.8 Å². The van der Waals surface area contributed by atoms with Gasteiger partial charge in [0, 0.05) is 18.0 Å². The summed E-state index contributed by atoms with van der Waals surface area (Å²) in [6.07, 6.45) is 4.44. The molecule has 120 valence electrons. The molecule has 1 saturated heterocycles. The maximum Gasteiger partial charge on any atom is 0.316 e. The zero-order valence-electron chi connectivity index (χ0n) is 13.0. The van der Waals surface area contributed by atoms with Gasteiger partial charge in [-0.05, 0) is 31.4 Å². The number of thioether (sulfide) groups is 1. The summed E-state index contributed by atoms with van der Waals surface area (Å²) >= 11 is 1.45. The number of esters is 1. The number of benzene rings is 1. The molecule has 0 aromatic heterocycles. The van der Waals surface area contributed by atoms with Gasteiger partial charge in [0.1, 0.15) is 0 Å². The quantitative estimate of drug-likeness (QED) is 0.618. The van der Waals surface area contributed by atoms with E-state index in [1.165, 1.54) is 24.6 Å². The molecule has 1 aliphatic rings. The summed E-state index contributed by atoms with van der Waals surface area (Å²) in [5.41, 5.74) is 1.14. The third-order valence-electron chi connectivity index (χ3n) is 3.75. The lowest BCUT2D eigenvalue weighted by molar-refractivity contribution is -0.149. The average molecular weight is 321 g/mol. The van der Waals surface area contributed by atoms with Crippen LogP contribution in [0, 0.1) is 6.92 Å². The summed E-state index contributed by atoms with van der Waals surface area (Å²) in [5.74, 6) is -0.175. The van der Waals surface area contributed by atoms with Crippen molar-refractivity contribution < 1.29 is 14.3 Å². The van der Waals surface area contributed by atoms with Gasteiger partial charge in [-0.1, -0.05) is 31.0 Å². The van der Waals surface area contributed by atoms with Gasteiger partial charge in [0.15, 0.2) is 6.61 Å². The van der Waals surface area contributed by atoms with E-state index < -0.39 is 0 Å². The lowest BCUT2D eigenvalue weighted by atomic mass is 10.2. The first-order valence-corrected chi connectivity index (χ1v) is 8.77. The van der Waals surface area contributed by atoms with Crippen LogP contribution in [-0.4, -0.2) is 42.2 Å². The number of hydrogen-bond acceptors (Lipinski definition) is 4. The normalized spacial score (nSPS) is 15.2. The van der Waals surface area contributed by atoms with Crippen molar-refractivity contribution in [2.45, 2.75) is 37.5 Å². The standard InChI is InChI=1S/C17H23NO3S/c1-14-8-4-5-9-15(14)22-13-17(20)21-12-16(19)18-10-6-2-3-7-11-18/h4-5,8-9H,2-3,6-7,10-13H2,1H3. The van der Waals surface area contributed by atoms with Crippen molar-refractivity contribution in [1.29, 1.82) is 0 Å². The summed E-state index contributed by atoms with van der Waals surface area (Å²) in [5, 5.41) is 0. The van der Waals surface area contributed by atoms with Gasteiger partial charge in [0.05, 0.1) is 5.75 Å². The highest BCUT2D eigenvalue weighted by molar-refractivity contribution is 8.00. The summed E-state index contributed by atoms with van der Waals surface area (Å²) in [6, 6.07) is 7.91. The summed E-state index contributed by atoms with van der Waals surface area (Å²) in [7, 11) is 0. The zero-order chi connectivity index (χ0) is 15.8. The maximum absolute atomic E-state index is 12.0. The SMILES string of the molecule is Cc1ccccc1SCC(=O)OCC(=O)N1CCCCCC1. The Morgan fingerprint density at radius 3 is 2.50 bits per heavy atom. The molecule has 5 heteroatoms. The molecule has 0 saturated carbocycles. The van der Waals surface area contributed by atoms with Gasteiger partial charge in [-0.2, -0.15) is 0 Å². The van der Waals surface area contributed by atoms with Gasteiger partial charge < -0.3 is 9.64 Å². The van der Waals surface area contributed by atoms with E-state index in [1.54, 1.807) is 0 Å². The fourth-order valence-electron chi connectivity index (χ4n) is 2.45. The van der Waals surface area contributed by atoms with Crippen LogP contribution in [0.15, 0.2) is 29.2 Å². The van der Waals surface area contributed by atoms with Gasteiger partial charge in [-0.3, -0.25) is 9.59 Å². The molecule has 0 bridgehead atoms. The Morgan fingerprint density at radius 2 is 1.82 bits per heavy atom. The second kappa shape index (κ2) is 8.83. The number of carbonyl (C=O) groups is 2. The van der Waals surface area contributed by atoms with Crippen molar-refractivity contribution in [1.82, 2.24) is 4.90 Å². The minimum absolute atomic E-state index is 0.0730. The van der Waals surface area contributed by atoms with Crippen LogP contribution in [0.1, 0.15) is 31.2 Å². The lowest BCUT2D eigenvalue weighted by Crippen LogP contribution is -2.35. The largest absolute Gasteiger partial charge is 0.455 e. The molecule has 22 heavy (non-hydrogen) atoms. The smallest absolute Gasteiger partial charge is 0.316 e. The van der Waals surface area contributed by atoms with Crippen LogP contribution >= 0.6 is 11.8 Å². The van der Waals surface area contributed by atoms with Crippen molar-refractivity contribution in [3.63, 3.8) is 0 Å². The molecule has 0 atom stereocenters. The van der Waals surface area contributed by atoms with E-state index in [0.717, 1.165) is 36.4 Å². The van der Waals surface area contributed by atoms with Crippen LogP contribution in [0.25, 0.3) is 0 Å². The van der Waals surface area contributed by atoms with Crippen molar-refractivity contribution in [3.05, 3.63) is 29.8 Å². The molecule has 4 nitrogen and oxygen atoms in total. The number of aryl methyl sites for hydroxylation is 1. The summed E-state index contributed by atoms with van der Waals surface area (Å²) in [6.45, 7) is 3.45. The number of likely N-dealkylation sites (tertiary alicyclic amines) is 1. The number of amides is 1. The molecule has 0 N–H and O–H groups in total. The number of rotatable bonds is 5. The highest BCUT2D eigenvalue weighted by Gasteiger charge is 2.17. The van der Waals surface area contributed by atoms with Crippen LogP contribution in [0.3, 0.4) is 0 Å². The van der Waals surface area contributed by atoms with Gasteiger partial charge in [-0.25, -0.2) is 0 Å². The van der Waals surface area contributed by atoms with E-state index in [9.17, 15) is 9.59 Å². The van der Waals surface area contributed by atoms with E-state index in [4.69, 9.17) is 4.74 Å². The molecule has 1 heterocycles. The van der Waals surface area contributed by atoms with E-state index in [2.05, 4.69) is 0 Å². The van der Waals surface area contributed by atoms with Crippen molar-refractivity contribution >= 4 is 23.6 Å². The maximum atomic E-state index is 12.0. The Bertz CT molecular complexity index is 510. The minimum Gasteiger partial charge on any atom is -0.455 e. The molecule has 2 rings (SSSR count). The number of hydrogen-bond donors (Lipinski definition) is 0. The molecule has 1 fully saturated rings. The lowest BCUT2D eigenvalue weighted by Gasteiger charge is -2.19. The van der Waals surface area contributed by atoms with Crippen LogP contribution in [-0.2, 0) is 14.3 Å². The Balaban J connectivity index is 1.71. The monoisotopic (exact) mass is 321 g/mol. The Kier molecular flexibility index (Phi) is 6.77. The second-order valence-corrected chi connectivity index (χ2v) is 6.53. The molecule has 1 amide bonds. The van der Waals surface area contributed by atoms with Crippen LogP contribution in [0.4, 0.5) is 0 Å². The molecule has 0 aliphatic carbocycles. The molecule has 0 radical (unpaired) electrons. The Morgan fingerprint density at radius 1 is 1.14 bits per heavy atom. The Labute approximate surface area is 136 Å². The van der Waals surface area contributed by atoms with Crippen LogP contribution in [0.2, 0.25) is 0 Å². The Hall–Kier alpha value is -1.49. The van der Waals surface area contributed by atoms with Crippen molar-refractivity contribution in [3.8, 4) is 0 Å². The van der Waals surface area contributed by atoms with E-state index in [0.29, 0.717) is 0 Å². The first-order chi connectivity index (χ1) is 10.7. The third kappa shape index (κ3) is 5.37. The van der Waals surface area contributed by atoms with E-state index in [-0.39, 0.29) is 24.2 Å². The average Bonchev–Trinajstić information content (AvgIpc) is 2.81. The fraction of sp³-hybridized carbons (Fsp3) is 0.529. The zero-order valence-corrected chi connectivity index (χ0v) is 13.9. The second-order valence-electron chi connectivity index (χ2n) is 5.51. The third-order valence-corrected chi connectivity index (χ3v) is 4.90. The van der Waals surface area contributed by atoms with Crippen LogP contribution in [0.5, 0.6) is 0 Å². The molecule has 0 unspecified atom stereocenters. The van der Waals surface area contributed by atoms with Crippen molar-refractivity contribution in [2.24, 2.45) is 0 Å². The fourth-order valence-corrected chi connectivity index (χ4v) is 3.28. The van der Waals surface area contributed by atoms with Crippen LogP contribution < -0.4 is 0 Å². The predicted molar refractivity (Wildman–Crippen MR) is 87.9 cm³/mol. The van der Waals surface area contributed by atoms with Gasteiger partial charge in [0.25, 0.3) is 5.91 Å². The molecule has 0 spiro atoms. The summed E-state index contributed by atoms with van der Waals surface area (Å²) < 4.78 is 5.11. The number of carbonyl (C=O) groups excluding carboxylic acids is 2. The highest BCUT2D eigenvalue weighted by Crippen LogP contribution is 2.21. The highest BCUT2D eigenvalue weighted by atomic mass is 32.2. The first-order valence-electron chi connectivity index (χ1n) is 7.78. The molecular formula is C17H23NO3S. The minimum atomic E-state index is -0.337. The molecule has 1 aromatic rings. The first kappa shape index (κ1) is 16.9. The van der Waals surface area contributed by atoms with Crippen molar-refractivity contribution in [2.75, 3.05) is 25.4 Å². The predicted octanol–water partition coefficient (Wildman–Crippen LogP) is 3.03. The number of ether oxygens (including phenoxy) is 1. The van der Waals surface area contributed by atoms with Gasteiger partial charge in [0.2, 0.25) is 0 Å². The topological polar surface area (TPSA) is 46.6 Å². The van der Waals surface area contributed by atoms with E-state index in [1.807, 2.05) is 36.1 Å². The molecular weight excluding hydrogens is 298 g/mol. The van der Waals surface area contributed by atoms with E-state index >= 15 is 0 Å². The molecule has 1 aromatic carbocycles. The molecule has 1 aliphatic heterocycles. The number of nitrogens with zero attached hydrogens (tertiary/aromatic N) is 1.